The van der Waals surface area contributed by atoms with Crippen molar-refractivity contribution in [1.82, 2.24) is 19.8 Å². The number of rotatable bonds is 5. The van der Waals surface area contributed by atoms with Gasteiger partial charge in [-0.1, -0.05) is 6.07 Å². The molecule has 1 atom stereocenters. The number of piperidine rings is 1. The Morgan fingerprint density at radius 2 is 2.23 bits per heavy atom. The maximum Gasteiger partial charge on any atom is 0.322 e. The van der Waals surface area contributed by atoms with Gasteiger partial charge in [0.25, 0.3) is 0 Å². The van der Waals surface area contributed by atoms with E-state index in [9.17, 15) is 13.2 Å². The van der Waals surface area contributed by atoms with Crippen LogP contribution in [-0.2, 0) is 10.0 Å². The highest BCUT2D eigenvalue weighted by atomic mass is 32.2. The average Bonchev–Trinajstić information content (AvgIpc) is 3.14. The molecule has 26 heavy (non-hydrogen) atoms. The lowest BCUT2D eigenvalue weighted by atomic mass is 10.0. The first-order chi connectivity index (χ1) is 12.4. The summed E-state index contributed by atoms with van der Waals surface area (Å²) in [5.74, 6) is 0.370. The minimum absolute atomic E-state index is 0.169. The van der Waals surface area contributed by atoms with Crippen LogP contribution in [-0.4, -0.2) is 54.9 Å². The van der Waals surface area contributed by atoms with Crippen molar-refractivity contribution in [2.45, 2.75) is 25.3 Å². The fourth-order valence-corrected chi connectivity index (χ4v) is 3.45. The van der Waals surface area contributed by atoms with E-state index in [0.29, 0.717) is 23.7 Å². The van der Waals surface area contributed by atoms with E-state index >= 15 is 0 Å². The summed E-state index contributed by atoms with van der Waals surface area (Å²) in [6, 6.07) is 6.69. The molecule has 2 heterocycles. The molecule has 1 aliphatic rings. The molecule has 9 nitrogen and oxygen atoms in total. The van der Waals surface area contributed by atoms with E-state index in [1.54, 1.807) is 23.1 Å². The summed E-state index contributed by atoms with van der Waals surface area (Å²) in [6.07, 6.45) is 4.98. The number of hydrogen-bond donors (Lipinski definition) is 2. The number of nitrogens with one attached hydrogen (secondary N) is 2. The first-order valence-corrected chi connectivity index (χ1v) is 10.2. The third kappa shape index (κ3) is 4.79. The van der Waals surface area contributed by atoms with Crippen LogP contribution in [0.1, 0.15) is 19.3 Å². The van der Waals surface area contributed by atoms with E-state index < -0.39 is 10.0 Å². The van der Waals surface area contributed by atoms with Gasteiger partial charge in [-0.25, -0.2) is 17.9 Å². The molecule has 1 aromatic heterocycles. The Morgan fingerprint density at radius 3 is 2.96 bits per heavy atom. The van der Waals surface area contributed by atoms with Crippen molar-refractivity contribution in [3.63, 3.8) is 0 Å². The van der Waals surface area contributed by atoms with Crippen LogP contribution in [0.2, 0.25) is 0 Å². The number of likely N-dealkylation sites (tertiary alicyclic amines) is 1. The second-order valence-electron chi connectivity index (χ2n) is 6.22. The quantitative estimate of drug-likeness (QED) is 0.816. The Hall–Kier alpha value is -2.46. The first kappa shape index (κ1) is 18.3. The van der Waals surface area contributed by atoms with Crippen LogP contribution in [0.25, 0.3) is 11.5 Å². The predicted molar refractivity (Wildman–Crippen MR) is 95.9 cm³/mol. The number of carbonyl (C=O) groups excluding carboxylic acids is 1. The molecule has 140 valence electrons. The van der Waals surface area contributed by atoms with Crippen LogP contribution in [0.3, 0.4) is 0 Å². The Morgan fingerprint density at radius 1 is 1.38 bits per heavy atom. The number of carbonyl (C=O) groups is 1. The van der Waals surface area contributed by atoms with Gasteiger partial charge < -0.3 is 14.6 Å². The van der Waals surface area contributed by atoms with E-state index in [-0.39, 0.29) is 18.6 Å². The Kier molecular flexibility index (Phi) is 5.52. The van der Waals surface area contributed by atoms with Crippen LogP contribution in [0, 0.1) is 0 Å². The molecule has 1 saturated heterocycles. The smallest absolute Gasteiger partial charge is 0.322 e. The highest BCUT2D eigenvalue weighted by molar-refractivity contribution is 7.88. The SMILES string of the molecule is CS(=O)(=O)NC[C@@H]1CCCCN1C(=O)Nc1cccc(-c2nnco2)c1. The van der Waals surface area contributed by atoms with E-state index in [0.717, 1.165) is 25.5 Å². The second kappa shape index (κ2) is 7.83. The van der Waals surface area contributed by atoms with E-state index in [1.807, 2.05) is 6.07 Å². The number of benzene rings is 1. The Labute approximate surface area is 151 Å². The van der Waals surface area contributed by atoms with Gasteiger partial charge in [0.15, 0.2) is 0 Å². The third-order valence-corrected chi connectivity index (χ3v) is 4.88. The molecule has 3 rings (SSSR count). The standard InChI is InChI=1S/C16H21N5O4S/c1-26(23,24)18-10-14-7-2-3-8-21(14)16(22)19-13-6-4-5-12(9-13)15-20-17-11-25-15/h4-6,9,11,14,18H,2-3,7-8,10H2,1H3,(H,19,22)/t14-/m0/s1. The summed E-state index contributed by atoms with van der Waals surface area (Å²) in [4.78, 5) is 14.4. The molecule has 0 unspecified atom stereocenters. The van der Waals surface area contributed by atoms with Gasteiger partial charge in [0.1, 0.15) is 0 Å². The number of nitrogens with zero attached hydrogens (tertiary/aromatic N) is 3. The van der Waals surface area contributed by atoms with Crippen molar-refractivity contribution in [2.75, 3.05) is 24.7 Å². The predicted octanol–water partition coefficient (Wildman–Crippen LogP) is 1.67. The number of hydrogen-bond acceptors (Lipinski definition) is 6. The molecule has 1 aromatic carbocycles. The van der Waals surface area contributed by atoms with Crippen molar-refractivity contribution in [1.29, 1.82) is 0 Å². The summed E-state index contributed by atoms with van der Waals surface area (Å²) in [7, 11) is -3.29. The molecule has 0 saturated carbocycles. The molecule has 2 N–H and O–H groups in total. The molecule has 0 bridgehead atoms. The highest BCUT2D eigenvalue weighted by Crippen LogP contribution is 2.22. The zero-order valence-electron chi connectivity index (χ0n) is 14.4. The summed E-state index contributed by atoms with van der Waals surface area (Å²) in [5, 5.41) is 10.4. The summed E-state index contributed by atoms with van der Waals surface area (Å²) in [6.45, 7) is 0.805. The van der Waals surface area contributed by atoms with Crippen LogP contribution in [0.4, 0.5) is 10.5 Å². The number of urea groups is 1. The lowest BCUT2D eigenvalue weighted by molar-refractivity contribution is 0.164. The van der Waals surface area contributed by atoms with Crippen molar-refractivity contribution >= 4 is 21.7 Å². The lowest BCUT2D eigenvalue weighted by Crippen LogP contribution is -2.50. The van der Waals surface area contributed by atoms with E-state index in [1.165, 1.54) is 6.39 Å². The second-order valence-corrected chi connectivity index (χ2v) is 8.05. The van der Waals surface area contributed by atoms with Gasteiger partial charge in [-0.3, -0.25) is 0 Å². The van der Waals surface area contributed by atoms with Gasteiger partial charge >= 0.3 is 6.03 Å². The van der Waals surface area contributed by atoms with Crippen molar-refractivity contribution in [3.8, 4) is 11.5 Å². The molecule has 0 spiro atoms. The number of amides is 2. The van der Waals surface area contributed by atoms with E-state index in [2.05, 4.69) is 20.2 Å². The third-order valence-electron chi connectivity index (χ3n) is 4.19. The van der Waals surface area contributed by atoms with Gasteiger partial charge in [0.2, 0.25) is 22.3 Å². The highest BCUT2D eigenvalue weighted by Gasteiger charge is 2.27. The summed E-state index contributed by atoms with van der Waals surface area (Å²) >= 11 is 0. The van der Waals surface area contributed by atoms with Gasteiger partial charge in [-0.15, -0.1) is 10.2 Å². The fourth-order valence-electron chi connectivity index (χ4n) is 2.95. The normalized spacial score (nSPS) is 17.9. The molecule has 2 aromatic rings. The molecular weight excluding hydrogens is 358 g/mol. The molecule has 1 aliphatic heterocycles. The van der Waals surface area contributed by atoms with Crippen molar-refractivity contribution in [3.05, 3.63) is 30.7 Å². The maximum atomic E-state index is 12.7. The van der Waals surface area contributed by atoms with Crippen LogP contribution in [0.5, 0.6) is 0 Å². The first-order valence-electron chi connectivity index (χ1n) is 8.31. The van der Waals surface area contributed by atoms with Crippen molar-refractivity contribution < 1.29 is 17.6 Å². The minimum Gasteiger partial charge on any atom is -0.423 e. The Balaban J connectivity index is 1.68. The molecule has 10 heteroatoms. The van der Waals surface area contributed by atoms with Gasteiger partial charge in [-0.2, -0.15) is 0 Å². The Bertz CT molecular complexity index is 853. The van der Waals surface area contributed by atoms with Crippen LogP contribution < -0.4 is 10.0 Å². The number of sulfonamides is 1. The van der Waals surface area contributed by atoms with Crippen LogP contribution in [0.15, 0.2) is 35.1 Å². The molecular formula is C16H21N5O4S. The van der Waals surface area contributed by atoms with Gasteiger partial charge in [0, 0.05) is 30.4 Å². The van der Waals surface area contributed by atoms with Crippen LogP contribution >= 0.6 is 0 Å². The molecule has 2 amide bonds. The maximum absolute atomic E-state index is 12.7. The van der Waals surface area contributed by atoms with Gasteiger partial charge in [0.05, 0.1) is 6.26 Å². The minimum atomic E-state index is -3.29. The molecule has 1 fully saturated rings. The average molecular weight is 379 g/mol. The summed E-state index contributed by atoms with van der Waals surface area (Å²) < 4.78 is 30.3. The van der Waals surface area contributed by atoms with E-state index in [4.69, 9.17) is 4.42 Å². The molecule has 0 radical (unpaired) electrons. The zero-order valence-corrected chi connectivity index (χ0v) is 15.2. The zero-order chi connectivity index (χ0) is 18.6. The number of anilines is 1. The van der Waals surface area contributed by atoms with Gasteiger partial charge in [-0.05, 0) is 37.5 Å². The molecule has 0 aliphatic carbocycles. The number of aromatic nitrogens is 2. The topological polar surface area (TPSA) is 117 Å². The summed E-state index contributed by atoms with van der Waals surface area (Å²) in [5.41, 5.74) is 1.31. The lowest BCUT2D eigenvalue weighted by Gasteiger charge is -2.35. The van der Waals surface area contributed by atoms with Crippen molar-refractivity contribution in [2.24, 2.45) is 0 Å². The monoisotopic (exact) mass is 379 g/mol. The largest absolute Gasteiger partial charge is 0.423 e. The fraction of sp³-hybridized carbons (Fsp3) is 0.438.